The Kier molecular flexibility index (Phi) is 5.17. The molecule has 1 aromatic carbocycles. The second-order valence-corrected chi connectivity index (χ2v) is 6.83. The summed E-state index contributed by atoms with van der Waals surface area (Å²) in [6, 6.07) is 9.37. The Morgan fingerprint density at radius 1 is 1.31 bits per heavy atom. The zero-order valence-electron chi connectivity index (χ0n) is 15.4. The molecule has 0 saturated carbocycles. The number of nitrogens with zero attached hydrogens (tertiary/aromatic N) is 5. The minimum atomic E-state index is -0.560. The van der Waals surface area contributed by atoms with Crippen molar-refractivity contribution >= 4 is 28.9 Å². The largest absolute Gasteiger partial charge is 0.487 e. The molecule has 1 amide bonds. The number of carbonyl (C=O) groups is 1. The summed E-state index contributed by atoms with van der Waals surface area (Å²) in [6.07, 6.45) is 3.03. The van der Waals surface area contributed by atoms with Gasteiger partial charge in [-0.3, -0.25) is 4.79 Å². The normalized spacial score (nSPS) is 16.0. The van der Waals surface area contributed by atoms with Crippen molar-refractivity contribution < 1.29 is 13.9 Å². The third kappa shape index (κ3) is 3.92. The first-order chi connectivity index (χ1) is 14.0. The maximum atomic E-state index is 13.8. The monoisotopic (exact) mass is 412 g/mol. The summed E-state index contributed by atoms with van der Waals surface area (Å²) in [5.41, 5.74) is 0.453. The van der Waals surface area contributed by atoms with Gasteiger partial charge in [-0.2, -0.15) is 0 Å². The van der Waals surface area contributed by atoms with Gasteiger partial charge in [0.2, 0.25) is 5.82 Å². The molecule has 0 radical (unpaired) electrons. The number of nitrogens with one attached hydrogen (secondary N) is 1. The molecule has 1 aliphatic rings. The van der Waals surface area contributed by atoms with Crippen LogP contribution in [0.3, 0.4) is 0 Å². The van der Waals surface area contributed by atoms with Crippen LogP contribution in [0.1, 0.15) is 16.2 Å². The molecule has 0 fully saturated rings. The summed E-state index contributed by atoms with van der Waals surface area (Å²) in [5.74, 6) is 0.293. The fraction of sp³-hybridized carbons (Fsp3) is 0.211. The number of aromatic nitrogens is 4. The fourth-order valence-corrected chi connectivity index (χ4v) is 3.14. The summed E-state index contributed by atoms with van der Waals surface area (Å²) >= 11 is 5.49. The second-order valence-electron chi connectivity index (χ2n) is 6.42. The van der Waals surface area contributed by atoms with Gasteiger partial charge < -0.3 is 15.0 Å². The maximum absolute atomic E-state index is 13.8. The number of hydrogen-bond acceptors (Lipinski definition) is 6. The van der Waals surface area contributed by atoms with Gasteiger partial charge in [0.25, 0.3) is 5.91 Å². The van der Waals surface area contributed by atoms with Crippen molar-refractivity contribution in [1.82, 2.24) is 25.1 Å². The minimum Gasteiger partial charge on any atom is -0.487 e. The van der Waals surface area contributed by atoms with Gasteiger partial charge in [0.1, 0.15) is 29.8 Å². The smallest absolute Gasteiger partial charge is 0.291 e. The second kappa shape index (κ2) is 7.92. The molecule has 0 aliphatic carbocycles. The highest BCUT2D eigenvalue weighted by atomic mass is 32.1. The average molecular weight is 412 g/mol. The number of amides is 1. The minimum absolute atomic E-state index is 0.0355. The van der Waals surface area contributed by atoms with Crippen molar-refractivity contribution in [2.24, 2.45) is 0 Å². The quantitative estimate of drug-likeness (QED) is 0.654. The van der Waals surface area contributed by atoms with Crippen molar-refractivity contribution in [1.29, 1.82) is 0 Å². The van der Waals surface area contributed by atoms with Crippen LogP contribution in [0.15, 0.2) is 48.9 Å². The van der Waals surface area contributed by atoms with E-state index in [1.54, 1.807) is 48.5 Å². The van der Waals surface area contributed by atoms with E-state index in [4.69, 9.17) is 17.0 Å². The highest BCUT2D eigenvalue weighted by molar-refractivity contribution is 7.80. The molecule has 1 unspecified atom stereocenters. The Morgan fingerprint density at radius 2 is 2.14 bits per heavy atom. The average Bonchev–Trinajstić information content (AvgIpc) is 3.16. The van der Waals surface area contributed by atoms with Crippen LogP contribution in [0.4, 0.5) is 10.2 Å². The standard InChI is InChI=1S/C19H17FN6O2S/c1-25-17-15(7-4-8-21-17)28-10-14(19(25)29)23-18(27)16-22-11-26(24-16)9-12-5-2-3-6-13(12)20/h2-8,11,14H,9-10H2,1H3,(H,23,27). The Morgan fingerprint density at radius 3 is 2.97 bits per heavy atom. The van der Waals surface area contributed by atoms with Gasteiger partial charge in [-0.05, 0) is 18.2 Å². The molecule has 1 N–H and O–H groups in total. The maximum Gasteiger partial charge on any atom is 0.291 e. The van der Waals surface area contributed by atoms with Crippen LogP contribution in [0, 0.1) is 5.82 Å². The molecule has 29 heavy (non-hydrogen) atoms. The van der Waals surface area contributed by atoms with E-state index < -0.39 is 11.9 Å². The van der Waals surface area contributed by atoms with Crippen LogP contribution in [-0.2, 0) is 6.54 Å². The molecule has 3 aromatic rings. The van der Waals surface area contributed by atoms with E-state index in [2.05, 4.69) is 20.4 Å². The van der Waals surface area contributed by atoms with Crippen molar-refractivity contribution in [3.05, 3.63) is 66.1 Å². The predicted octanol–water partition coefficient (Wildman–Crippen LogP) is 1.82. The van der Waals surface area contributed by atoms with Gasteiger partial charge in [0.05, 0.1) is 6.54 Å². The molecule has 0 bridgehead atoms. The van der Waals surface area contributed by atoms with Gasteiger partial charge >= 0.3 is 0 Å². The molecular formula is C19H17FN6O2S. The lowest BCUT2D eigenvalue weighted by Crippen LogP contribution is -2.48. The Bertz CT molecular complexity index is 1070. The van der Waals surface area contributed by atoms with Crippen molar-refractivity contribution in [3.8, 4) is 5.75 Å². The number of halogens is 1. The van der Waals surface area contributed by atoms with Gasteiger partial charge in [-0.15, -0.1) is 5.10 Å². The number of carbonyl (C=O) groups excluding carboxylic acids is 1. The van der Waals surface area contributed by atoms with Crippen LogP contribution < -0.4 is 15.0 Å². The lowest BCUT2D eigenvalue weighted by molar-refractivity contribution is 0.0927. The highest BCUT2D eigenvalue weighted by Gasteiger charge is 2.29. The predicted molar refractivity (Wildman–Crippen MR) is 108 cm³/mol. The van der Waals surface area contributed by atoms with Crippen LogP contribution in [-0.4, -0.2) is 50.3 Å². The van der Waals surface area contributed by atoms with E-state index in [0.717, 1.165) is 0 Å². The number of rotatable bonds is 4. The molecule has 1 aliphatic heterocycles. The Balaban J connectivity index is 1.45. The van der Waals surface area contributed by atoms with E-state index >= 15 is 0 Å². The number of likely N-dealkylation sites (N-methyl/N-ethyl adjacent to an activating group) is 1. The summed E-state index contributed by atoms with van der Waals surface area (Å²) in [4.78, 5) is 23.1. The molecule has 4 rings (SSSR count). The van der Waals surface area contributed by atoms with Gasteiger partial charge in [-0.1, -0.05) is 30.4 Å². The van der Waals surface area contributed by atoms with Crippen LogP contribution in [0.25, 0.3) is 0 Å². The summed E-state index contributed by atoms with van der Waals surface area (Å²) in [7, 11) is 1.77. The lowest BCUT2D eigenvalue weighted by Gasteiger charge is -2.22. The molecule has 0 saturated heterocycles. The first-order valence-corrected chi connectivity index (χ1v) is 9.23. The first-order valence-electron chi connectivity index (χ1n) is 8.82. The first kappa shape index (κ1) is 18.9. The van der Waals surface area contributed by atoms with Crippen LogP contribution >= 0.6 is 12.2 Å². The van der Waals surface area contributed by atoms with E-state index in [1.807, 2.05) is 0 Å². The molecule has 1 atom stereocenters. The molecule has 0 spiro atoms. The van der Waals surface area contributed by atoms with Crippen molar-refractivity contribution in [3.63, 3.8) is 0 Å². The Hall–Kier alpha value is -3.40. The molecule has 3 heterocycles. The topological polar surface area (TPSA) is 85.2 Å². The van der Waals surface area contributed by atoms with Gasteiger partial charge in [0.15, 0.2) is 11.6 Å². The summed E-state index contributed by atoms with van der Waals surface area (Å²) in [5, 5.41) is 6.93. The highest BCUT2D eigenvalue weighted by Crippen LogP contribution is 2.27. The van der Waals surface area contributed by atoms with Crippen LogP contribution in [0.5, 0.6) is 5.75 Å². The zero-order valence-corrected chi connectivity index (χ0v) is 16.3. The number of benzene rings is 1. The third-order valence-corrected chi connectivity index (χ3v) is 5.00. The number of anilines is 1. The van der Waals surface area contributed by atoms with Gasteiger partial charge in [-0.25, -0.2) is 19.0 Å². The molecule has 148 valence electrons. The number of ether oxygens (including phenoxy) is 1. The van der Waals surface area contributed by atoms with Crippen LogP contribution in [0.2, 0.25) is 0 Å². The van der Waals surface area contributed by atoms with E-state index in [1.165, 1.54) is 17.1 Å². The number of pyridine rings is 1. The summed E-state index contributed by atoms with van der Waals surface area (Å²) < 4.78 is 20.9. The van der Waals surface area contributed by atoms with Gasteiger partial charge in [0, 0.05) is 18.8 Å². The lowest BCUT2D eigenvalue weighted by atomic mass is 10.2. The van der Waals surface area contributed by atoms with E-state index in [-0.39, 0.29) is 24.8 Å². The van der Waals surface area contributed by atoms with E-state index in [0.29, 0.717) is 22.1 Å². The zero-order chi connectivity index (χ0) is 20.4. The number of hydrogen-bond donors (Lipinski definition) is 1. The van der Waals surface area contributed by atoms with Crippen molar-refractivity contribution in [2.75, 3.05) is 18.6 Å². The van der Waals surface area contributed by atoms with E-state index in [9.17, 15) is 9.18 Å². The molecule has 2 aromatic heterocycles. The number of thiocarbonyl (C=S) groups is 1. The SMILES string of the molecule is CN1C(=S)C(NC(=O)c2ncn(Cc3ccccc3F)n2)COc2cccnc21. The third-order valence-electron chi connectivity index (χ3n) is 4.44. The summed E-state index contributed by atoms with van der Waals surface area (Å²) in [6.45, 7) is 0.325. The number of fused-ring (bicyclic) bond motifs is 1. The Labute approximate surface area is 171 Å². The molecule has 10 heteroatoms. The fourth-order valence-electron chi connectivity index (χ4n) is 2.93. The molecule has 8 nitrogen and oxygen atoms in total. The molecular weight excluding hydrogens is 395 g/mol. The van der Waals surface area contributed by atoms with Crippen molar-refractivity contribution in [2.45, 2.75) is 12.6 Å².